The number of anilines is 2. The van der Waals surface area contributed by atoms with Crippen molar-refractivity contribution < 1.29 is 0 Å². The van der Waals surface area contributed by atoms with Crippen molar-refractivity contribution in [3.8, 4) is 0 Å². The van der Waals surface area contributed by atoms with Crippen LogP contribution in [0, 0.1) is 0 Å². The van der Waals surface area contributed by atoms with Crippen LogP contribution < -0.4 is 11.1 Å². The fourth-order valence-corrected chi connectivity index (χ4v) is 2.37. The lowest BCUT2D eigenvalue weighted by molar-refractivity contribution is 0.745. The Hall–Kier alpha value is -1.45. The Morgan fingerprint density at radius 2 is 2.35 bits per heavy atom. The van der Waals surface area contributed by atoms with Crippen molar-refractivity contribution in [2.24, 2.45) is 7.05 Å². The zero-order valence-electron chi connectivity index (χ0n) is 10.8. The molecule has 4 heteroatoms. The van der Waals surface area contributed by atoms with Crippen molar-refractivity contribution in [3.05, 3.63) is 17.3 Å². The van der Waals surface area contributed by atoms with Crippen LogP contribution in [0.1, 0.15) is 38.3 Å². The monoisotopic (exact) mass is 234 g/mol. The molecule has 1 aliphatic carbocycles. The Balaban J connectivity index is 1.92. The summed E-state index contributed by atoms with van der Waals surface area (Å²) in [5.41, 5.74) is 9.41. The summed E-state index contributed by atoms with van der Waals surface area (Å²) in [6.07, 6.45) is 8.21. The number of nitrogens with two attached hydrogens (primary N) is 1. The maximum atomic E-state index is 6.05. The summed E-state index contributed by atoms with van der Waals surface area (Å²) in [6.45, 7) is 3.02. The predicted octanol–water partition coefficient (Wildman–Crippen LogP) is 2.48. The molecule has 0 aromatic carbocycles. The van der Waals surface area contributed by atoms with E-state index in [1.807, 2.05) is 11.7 Å². The van der Waals surface area contributed by atoms with Crippen LogP contribution in [0.25, 0.3) is 0 Å². The van der Waals surface area contributed by atoms with Gasteiger partial charge in [-0.2, -0.15) is 5.10 Å². The molecular weight excluding hydrogens is 212 g/mol. The molecule has 1 aromatic rings. The van der Waals surface area contributed by atoms with Gasteiger partial charge in [0, 0.05) is 13.6 Å². The standard InChI is InChI=1S/C13H22N4/c1-3-11-12(14)13(17(2)16-11)15-9-8-10-6-4-5-7-10/h6,15H,3-5,7-9,14H2,1-2H3. The molecule has 0 radical (unpaired) electrons. The highest BCUT2D eigenvalue weighted by molar-refractivity contribution is 5.65. The molecule has 0 saturated heterocycles. The van der Waals surface area contributed by atoms with Gasteiger partial charge in [0.1, 0.15) is 5.82 Å². The van der Waals surface area contributed by atoms with E-state index < -0.39 is 0 Å². The van der Waals surface area contributed by atoms with Crippen LogP contribution in [-0.2, 0) is 13.5 Å². The summed E-state index contributed by atoms with van der Waals surface area (Å²) < 4.78 is 1.84. The maximum absolute atomic E-state index is 6.05. The van der Waals surface area contributed by atoms with Gasteiger partial charge in [-0.1, -0.05) is 18.6 Å². The van der Waals surface area contributed by atoms with E-state index in [9.17, 15) is 0 Å². The number of nitrogens with zero attached hydrogens (tertiary/aromatic N) is 2. The molecule has 2 rings (SSSR count). The van der Waals surface area contributed by atoms with Gasteiger partial charge in [0.05, 0.1) is 11.4 Å². The molecular formula is C13H22N4. The summed E-state index contributed by atoms with van der Waals surface area (Å²) in [5.74, 6) is 0.959. The van der Waals surface area contributed by atoms with Gasteiger partial charge in [0.25, 0.3) is 0 Å². The van der Waals surface area contributed by atoms with E-state index in [0.29, 0.717) is 0 Å². The van der Waals surface area contributed by atoms with Crippen molar-refractivity contribution in [3.63, 3.8) is 0 Å². The molecule has 94 valence electrons. The van der Waals surface area contributed by atoms with Crippen molar-refractivity contribution in [2.45, 2.75) is 39.0 Å². The van der Waals surface area contributed by atoms with Crippen LogP contribution in [0.3, 0.4) is 0 Å². The smallest absolute Gasteiger partial charge is 0.147 e. The van der Waals surface area contributed by atoms with E-state index in [-0.39, 0.29) is 0 Å². The lowest BCUT2D eigenvalue weighted by Crippen LogP contribution is -2.08. The SMILES string of the molecule is CCc1nn(C)c(NCCC2=CCCC2)c1N. The molecule has 4 nitrogen and oxygen atoms in total. The lowest BCUT2D eigenvalue weighted by atomic mass is 10.2. The summed E-state index contributed by atoms with van der Waals surface area (Å²) in [5, 5.41) is 7.79. The van der Waals surface area contributed by atoms with Gasteiger partial charge in [-0.25, -0.2) is 0 Å². The van der Waals surface area contributed by atoms with Crippen molar-refractivity contribution >= 4 is 11.5 Å². The van der Waals surface area contributed by atoms with E-state index in [2.05, 4.69) is 23.4 Å². The van der Waals surface area contributed by atoms with Crippen LogP contribution in [0.2, 0.25) is 0 Å². The van der Waals surface area contributed by atoms with Crippen LogP contribution in [0.4, 0.5) is 11.5 Å². The van der Waals surface area contributed by atoms with Gasteiger partial charge < -0.3 is 11.1 Å². The number of rotatable bonds is 5. The normalized spacial score (nSPS) is 15.1. The number of aromatic nitrogens is 2. The quantitative estimate of drug-likeness (QED) is 0.769. The molecule has 17 heavy (non-hydrogen) atoms. The minimum Gasteiger partial charge on any atom is -0.394 e. The highest BCUT2D eigenvalue weighted by atomic mass is 15.3. The summed E-state index contributed by atoms with van der Waals surface area (Å²) >= 11 is 0. The summed E-state index contributed by atoms with van der Waals surface area (Å²) in [6, 6.07) is 0. The second-order valence-corrected chi connectivity index (χ2v) is 4.62. The second-order valence-electron chi connectivity index (χ2n) is 4.62. The third kappa shape index (κ3) is 2.62. The molecule has 0 aliphatic heterocycles. The van der Waals surface area contributed by atoms with Gasteiger partial charge in [-0.15, -0.1) is 0 Å². The number of allylic oxidation sites excluding steroid dienone is 1. The Morgan fingerprint density at radius 1 is 1.53 bits per heavy atom. The largest absolute Gasteiger partial charge is 0.394 e. The second kappa shape index (κ2) is 5.25. The van der Waals surface area contributed by atoms with Crippen molar-refractivity contribution in [2.75, 3.05) is 17.6 Å². The minimum atomic E-state index is 0.801. The molecule has 0 atom stereocenters. The van der Waals surface area contributed by atoms with Gasteiger partial charge in [0.15, 0.2) is 0 Å². The Bertz CT molecular complexity index is 417. The van der Waals surface area contributed by atoms with Crippen LogP contribution in [-0.4, -0.2) is 16.3 Å². The summed E-state index contributed by atoms with van der Waals surface area (Å²) in [7, 11) is 1.94. The van der Waals surface area contributed by atoms with E-state index in [1.54, 1.807) is 5.57 Å². The minimum absolute atomic E-state index is 0.801. The Morgan fingerprint density at radius 3 is 2.94 bits per heavy atom. The van der Waals surface area contributed by atoms with Gasteiger partial charge >= 0.3 is 0 Å². The number of nitrogen functional groups attached to an aromatic ring is 1. The molecule has 1 aliphatic rings. The first-order valence-electron chi connectivity index (χ1n) is 6.45. The summed E-state index contributed by atoms with van der Waals surface area (Å²) in [4.78, 5) is 0. The molecule has 0 bridgehead atoms. The zero-order valence-corrected chi connectivity index (χ0v) is 10.8. The zero-order chi connectivity index (χ0) is 12.3. The van der Waals surface area contributed by atoms with Crippen LogP contribution in [0.15, 0.2) is 11.6 Å². The molecule has 1 aromatic heterocycles. The average Bonchev–Trinajstić information content (AvgIpc) is 2.91. The first kappa shape index (κ1) is 12.0. The van der Waals surface area contributed by atoms with Gasteiger partial charge in [-0.3, -0.25) is 4.68 Å². The van der Waals surface area contributed by atoms with E-state index in [0.717, 1.165) is 36.6 Å². The fourth-order valence-electron chi connectivity index (χ4n) is 2.37. The molecule has 0 fully saturated rings. The third-order valence-electron chi connectivity index (χ3n) is 3.37. The van der Waals surface area contributed by atoms with Gasteiger partial charge in [-0.05, 0) is 32.1 Å². The first-order valence-corrected chi connectivity index (χ1v) is 6.45. The van der Waals surface area contributed by atoms with Crippen LogP contribution >= 0.6 is 0 Å². The first-order chi connectivity index (χ1) is 8.22. The molecule has 0 saturated carbocycles. The number of hydrogen-bond acceptors (Lipinski definition) is 3. The Kier molecular flexibility index (Phi) is 3.71. The molecule has 0 unspecified atom stereocenters. The number of aryl methyl sites for hydroxylation is 2. The van der Waals surface area contributed by atoms with Crippen molar-refractivity contribution in [1.82, 2.24) is 9.78 Å². The number of nitrogens with one attached hydrogen (secondary N) is 1. The Labute approximate surface area is 103 Å². The van der Waals surface area contributed by atoms with Crippen molar-refractivity contribution in [1.29, 1.82) is 0 Å². The van der Waals surface area contributed by atoms with Crippen LogP contribution in [0.5, 0.6) is 0 Å². The average molecular weight is 234 g/mol. The maximum Gasteiger partial charge on any atom is 0.147 e. The topological polar surface area (TPSA) is 55.9 Å². The molecule has 1 heterocycles. The molecule has 3 N–H and O–H groups in total. The fraction of sp³-hybridized carbons (Fsp3) is 0.615. The van der Waals surface area contributed by atoms with E-state index >= 15 is 0 Å². The van der Waals surface area contributed by atoms with E-state index in [4.69, 9.17) is 5.73 Å². The highest BCUT2D eigenvalue weighted by Crippen LogP contribution is 2.24. The lowest BCUT2D eigenvalue weighted by Gasteiger charge is -2.08. The van der Waals surface area contributed by atoms with Gasteiger partial charge in [0.2, 0.25) is 0 Å². The molecule has 0 spiro atoms. The predicted molar refractivity (Wildman–Crippen MR) is 72.0 cm³/mol. The third-order valence-corrected chi connectivity index (χ3v) is 3.37. The highest BCUT2D eigenvalue weighted by Gasteiger charge is 2.11. The molecule has 0 amide bonds. The number of hydrogen-bond donors (Lipinski definition) is 2. The van der Waals surface area contributed by atoms with E-state index in [1.165, 1.54) is 19.3 Å².